The minimum absolute atomic E-state index is 1.05. The molecule has 0 bridgehead atoms. The van der Waals surface area contributed by atoms with Crippen LogP contribution < -0.4 is 0 Å². The van der Waals surface area contributed by atoms with Crippen LogP contribution in [0.15, 0.2) is 24.0 Å². The van der Waals surface area contributed by atoms with Gasteiger partial charge in [0.2, 0.25) is 0 Å². The Morgan fingerprint density at radius 3 is 2.50 bits per heavy atom. The smallest absolute Gasteiger partial charge is 0.0140 e. The van der Waals surface area contributed by atoms with Crippen LogP contribution in [0.5, 0.6) is 0 Å². The first kappa shape index (κ1) is 5.42. The monoisotopic (exact) mass is 109 g/mol. The van der Waals surface area contributed by atoms with Crippen molar-refractivity contribution in [1.82, 2.24) is 4.90 Å². The van der Waals surface area contributed by atoms with Crippen molar-refractivity contribution in [2.45, 2.75) is 13.3 Å². The van der Waals surface area contributed by atoms with Gasteiger partial charge in [0, 0.05) is 25.4 Å². The highest BCUT2D eigenvalue weighted by Gasteiger charge is 2.07. The van der Waals surface area contributed by atoms with Gasteiger partial charge in [0.15, 0.2) is 0 Å². The van der Waals surface area contributed by atoms with E-state index in [2.05, 4.69) is 24.6 Å². The van der Waals surface area contributed by atoms with Crippen molar-refractivity contribution in [3.05, 3.63) is 24.0 Å². The summed E-state index contributed by atoms with van der Waals surface area (Å²) in [6, 6.07) is 0. The molecule has 0 aromatic rings. The predicted octanol–water partition coefficient (Wildman–Crippen LogP) is 1.74. The Morgan fingerprint density at radius 1 is 1.75 bits per heavy atom. The average Bonchev–Trinajstić information content (AvgIpc) is 1.85. The maximum Gasteiger partial charge on any atom is 0.0140 e. The van der Waals surface area contributed by atoms with Crippen molar-refractivity contribution in [3.8, 4) is 0 Å². The normalized spacial score (nSPS) is 19.5. The van der Waals surface area contributed by atoms with E-state index in [1.807, 2.05) is 7.05 Å². The van der Waals surface area contributed by atoms with E-state index in [-0.39, 0.29) is 0 Å². The molecule has 0 saturated heterocycles. The first-order chi connectivity index (χ1) is 3.70. The summed E-state index contributed by atoms with van der Waals surface area (Å²) in [5.41, 5.74) is 2.60. The zero-order chi connectivity index (χ0) is 6.15. The van der Waals surface area contributed by atoms with E-state index in [1.54, 1.807) is 0 Å². The third-order valence-corrected chi connectivity index (χ3v) is 1.40. The van der Waals surface area contributed by atoms with E-state index in [1.165, 1.54) is 11.3 Å². The van der Waals surface area contributed by atoms with Crippen molar-refractivity contribution in [2.24, 2.45) is 0 Å². The molecule has 0 aromatic carbocycles. The van der Waals surface area contributed by atoms with E-state index < -0.39 is 0 Å². The molecule has 0 radical (unpaired) electrons. The summed E-state index contributed by atoms with van der Waals surface area (Å²) in [6.07, 6.45) is 3.17. The molecule has 1 aliphatic heterocycles. The van der Waals surface area contributed by atoms with Crippen LogP contribution in [0.2, 0.25) is 0 Å². The number of rotatable bonds is 0. The molecule has 0 aromatic heterocycles. The van der Waals surface area contributed by atoms with Crippen LogP contribution in [0, 0.1) is 0 Å². The summed E-state index contributed by atoms with van der Waals surface area (Å²) in [6.45, 7) is 5.98. The van der Waals surface area contributed by atoms with Gasteiger partial charge in [0.1, 0.15) is 0 Å². The zero-order valence-electron chi connectivity index (χ0n) is 5.44. The van der Waals surface area contributed by atoms with Gasteiger partial charge in [-0.3, -0.25) is 0 Å². The summed E-state index contributed by atoms with van der Waals surface area (Å²) in [5.74, 6) is 0. The van der Waals surface area contributed by atoms with Gasteiger partial charge in [-0.1, -0.05) is 12.2 Å². The molecule has 44 valence electrons. The van der Waals surface area contributed by atoms with E-state index in [9.17, 15) is 0 Å². The molecule has 0 aliphatic carbocycles. The number of allylic oxidation sites excluding steroid dienone is 1. The molecule has 8 heavy (non-hydrogen) atoms. The first-order valence-corrected chi connectivity index (χ1v) is 2.78. The molecule has 1 heteroatoms. The standard InChI is InChI=1S/C7H11N/c1-6-4-7(2)8(3)5-6/h5H,2,4H2,1,3H3. The van der Waals surface area contributed by atoms with Gasteiger partial charge >= 0.3 is 0 Å². The van der Waals surface area contributed by atoms with Crippen LogP contribution >= 0.6 is 0 Å². The molecule has 1 rings (SSSR count). The van der Waals surface area contributed by atoms with Crippen LogP contribution in [0.25, 0.3) is 0 Å². The number of hydrogen-bond acceptors (Lipinski definition) is 1. The number of nitrogens with zero attached hydrogens (tertiary/aromatic N) is 1. The maximum atomic E-state index is 3.86. The molecular weight excluding hydrogens is 98.1 g/mol. The highest BCUT2D eigenvalue weighted by Crippen LogP contribution is 2.19. The molecule has 0 saturated carbocycles. The van der Waals surface area contributed by atoms with E-state index >= 15 is 0 Å². The third kappa shape index (κ3) is 0.760. The molecule has 0 atom stereocenters. The Balaban J connectivity index is 2.69. The first-order valence-electron chi connectivity index (χ1n) is 2.78. The molecule has 0 fully saturated rings. The van der Waals surface area contributed by atoms with Gasteiger partial charge in [-0.15, -0.1) is 0 Å². The summed E-state index contributed by atoms with van der Waals surface area (Å²) in [4.78, 5) is 2.06. The van der Waals surface area contributed by atoms with Crippen LogP contribution in [0.4, 0.5) is 0 Å². The Bertz CT molecular complexity index is 144. The van der Waals surface area contributed by atoms with E-state index in [0.717, 1.165) is 6.42 Å². The Kier molecular flexibility index (Phi) is 1.12. The second-order valence-corrected chi connectivity index (χ2v) is 2.33. The topological polar surface area (TPSA) is 3.24 Å². The summed E-state index contributed by atoms with van der Waals surface area (Å²) < 4.78 is 0. The lowest BCUT2D eigenvalue weighted by Gasteiger charge is -2.06. The summed E-state index contributed by atoms with van der Waals surface area (Å²) >= 11 is 0. The average molecular weight is 109 g/mol. The van der Waals surface area contributed by atoms with Crippen molar-refractivity contribution >= 4 is 0 Å². The van der Waals surface area contributed by atoms with Gasteiger partial charge in [-0.2, -0.15) is 0 Å². The SMILES string of the molecule is C=C1CC(C)=CN1C. The highest BCUT2D eigenvalue weighted by molar-refractivity contribution is 5.18. The molecule has 1 nitrogen and oxygen atoms in total. The Hall–Kier alpha value is -0.720. The fourth-order valence-corrected chi connectivity index (χ4v) is 0.914. The van der Waals surface area contributed by atoms with Crippen LogP contribution in [0.1, 0.15) is 13.3 Å². The lowest BCUT2D eigenvalue weighted by atomic mass is 10.2. The highest BCUT2D eigenvalue weighted by atomic mass is 15.1. The molecule has 0 N–H and O–H groups in total. The molecular formula is C7H11N. The van der Waals surface area contributed by atoms with E-state index in [4.69, 9.17) is 0 Å². The minimum Gasteiger partial charge on any atom is -0.355 e. The van der Waals surface area contributed by atoms with Crippen LogP contribution in [-0.4, -0.2) is 11.9 Å². The van der Waals surface area contributed by atoms with Gasteiger partial charge in [-0.25, -0.2) is 0 Å². The van der Waals surface area contributed by atoms with Gasteiger partial charge in [-0.05, 0) is 6.92 Å². The van der Waals surface area contributed by atoms with Gasteiger partial charge in [0.25, 0.3) is 0 Å². The third-order valence-electron chi connectivity index (χ3n) is 1.40. The van der Waals surface area contributed by atoms with E-state index in [0.29, 0.717) is 0 Å². The summed E-state index contributed by atoms with van der Waals surface area (Å²) in [7, 11) is 2.03. The second-order valence-electron chi connectivity index (χ2n) is 2.33. The van der Waals surface area contributed by atoms with Crippen molar-refractivity contribution in [1.29, 1.82) is 0 Å². The lowest BCUT2D eigenvalue weighted by molar-refractivity contribution is 0.588. The second kappa shape index (κ2) is 1.66. The Morgan fingerprint density at radius 2 is 2.38 bits per heavy atom. The fourth-order valence-electron chi connectivity index (χ4n) is 0.914. The van der Waals surface area contributed by atoms with Crippen molar-refractivity contribution < 1.29 is 0 Å². The summed E-state index contributed by atoms with van der Waals surface area (Å²) in [5, 5.41) is 0. The molecule has 0 amide bonds. The zero-order valence-corrected chi connectivity index (χ0v) is 5.44. The minimum atomic E-state index is 1.05. The van der Waals surface area contributed by atoms with Gasteiger partial charge < -0.3 is 4.90 Å². The number of hydrogen-bond donors (Lipinski definition) is 0. The van der Waals surface area contributed by atoms with Crippen LogP contribution in [-0.2, 0) is 0 Å². The lowest BCUT2D eigenvalue weighted by Crippen LogP contribution is -2.01. The molecule has 1 heterocycles. The van der Waals surface area contributed by atoms with Crippen LogP contribution in [0.3, 0.4) is 0 Å². The van der Waals surface area contributed by atoms with Gasteiger partial charge in [0.05, 0.1) is 0 Å². The maximum absolute atomic E-state index is 3.86. The quantitative estimate of drug-likeness (QED) is 0.458. The molecule has 0 spiro atoms. The Labute approximate surface area is 50.3 Å². The van der Waals surface area contributed by atoms with Crippen molar-refractivity contribution in [3.63, 3.8) is 0 Å². The predicted molar refractivity (Wildman–Crippen MR) is 35.3 cm³/mol. The molecule has 0 unspecified atom stereocenters. The largest absolute Gasteiger partial charge is 0.355 e. The van der Waals surface area contributed by atoms with Crippen molar-refractivity contribution in [2.75, 3.05) is 7.05 Å². The fraction of sp³-hybridized carbons (Fsp3) is 0.429. The molecule has 1 aliphatic rings.